The van der Waals surface area contributed by atoms with Crippen LogP contribution in [0.1, 0.15) is 39.3 Å². The Morgan fingerprint density at radius 2 is 1.97 bits per heavy atom. The van der Waals surface area contributed by atoms with Crippen LogP contribution in [0.3, 0.4) is 0 Å². The minimum Gasteiger partial charge on any atom is -0.368 e. The number of imide groups is 2. The minimum absolute atomic E-state index is 0.0726. The van der Waals surface area contributed by atoms with E-state index in [1.807, 2.05) is 6.07 Å². The number of benzene rings is 1. The number of rotatable bonds is 5. The summed E-state index contributed by atoms with van der Waals surface area (Å²) in [4.78, 5) is 56.9. The van der Waals surface area contributed by atoms with Gasteiger partial charge in [-0.2, -0.15) is 0 Å². The van der Waals surface area contributed by atoms with E-state index in [0.29, 0.717) is 17.9 Å². The molecule has 0 spiro atoms. The Balaban J connectivity index is 1.41. The van der Waals surface area contributed by atoms with Crippen molar-refractivity contribution in [2.24, 2.45) is 0 Å². The van der Waals surface area contributed by atoms with Crippen molar-refractivity contribution >= 4 is 29.3 Å². The number of carbonyl (C=O) groups excluding carboxylic acids is 4. The molecular weight excluding hydrogens is 426 g/mol. The van der Waals surface area contributed by atoms with Crippen LogP contribution >= 0.6 is 0 Å². The minimum atomic E-state index is -1.01. The molecule has 166 valence electrons. The van der Waals surface area contributed by atoms with Gasteiger partial charge in [0.25, 0.3) is 11.8 Å². The lowest BCUT2D eigenvalue weighted by molar-refractivity contribution is -0.136. The highest BCUT2D eigenvalue weighted by molar-refractivity contribution is 6.25. The molecule has 4 amide bonds. The number of nitrogens with one attached hydrogen (secondary N) is 1. The zero-order chi connectivity index (χ0) is 23.1. The summed E-state index contributed by atoms with van der Waals surface area (Å²) in [5.41, 5.74) is 2.41. The highest BCUT2D eigenvalue weighted by Gasteiger charge is 2.45. The number of amides is 4. The fourth-order valence-corrected chi connectivity index (χ4v) is 4.13. The van der Waals surface area contributed by atoms with E-state index in [9.17, 15) is 19.2 Å². The zero-order valence-electron chi connectivity index (χ0n) is 17.6. The summed E-state index contributed by atoms with van der Waals surface area (Å²) in [6.07, 6.45) is 5.28. The third-order valence-corrected chi connectivity index (χ3v) is 5.71. The van der Waals surface area contributed by atoms with Crippen molar-refractivity contribution in [1.29, 1.82) is 0 Å². The number of carbonyl (C=O) groups is 4. The highest BCUT2D eigenvalue weighted by Crippen LogP contribution is 2.34. The normalized spacial score (nSPS) is 17.8. The van der Waals surface area contributed by atoms with E-state index >= 15 is 0 Å². The van der Waals surface area contributed by atoms with Gasteiger partial charge in [-0.15, -0.1) is 5.10 Å². The van der Waals surface area contributed by atoms with Crippen LogP contribution in [0.5, 0.6) is 0 Å². The van der Waals surface area contributed by atoms with Crippen LogP contribution < -0.4 is 10.2 Å². The molecule has 1 fully saturated rings. The third-order valence-electron chi connectivity index (χ3n) is 5.71. The average Bonchev–Trinajstić information content (AvgIpc) is 3.38. The van der Waals surface area contributed by atoms with E-state index in [2.05, 4.69) is 20.6 Å². The Morgan fingerprint density at radius 3 is 2.73 bits per heavy atom. The fourth-order valence-electron chi connectivity index (χ4n) is 4.13. The van der Waals surface area contributed by atoms with E-state index in [1.54, 1.807) is 59.5 Å². The maximum Gasteiger partial charge on any atom is 0.264 e. The molecule has 11 heteroatoms. The molecule has 11 nitrogen and oxygen atoms in total. The van der Waals surface area contributed by atoms with Crippen molar-refractivity contribution in [2.75, 3.05) is 11.9 Å². The summed E-state index contributed by atoms with van der Waals surface area (Å²) in [6.45, 7) is 0.330. The molecule has 2 aliphatic heterocycles. The van der Waals surface area contributed by atoms with Crippen LogP contribution in [-0.4, -0.2) is 61.6 Å². The molecule has 1 atom stereocenters. The average molecular weight is 445 g/mol. The number of nitrogens with zero attached hydrogens (tertiary/aromatic N) is 6. The quantitative estimate of drug-likeness (QED) is 0.568. The smallest absolute Gasteiger partial charge is 0.264 e. The Morgan fingerprint density at radius 1 is 1.12 bits per heavy atom. The monoisotopic (exact) mass is 445 g/mol. The van der Waals surface area contributed by atoms with Crippen LogP contribution in [0.2, 0.25) is 0 Å². The lowest BCUT2D eigenvalue weighted by atomic mass is 10.0. The first-order chi connectivity index (χ1) is 15.9. The molecule has 1 unspecified atom stereocenters. The summed E-state index contributed by atoms with van der Waals surface area (Å²) in [7, 11) is 1.78. The van der Waals surface area contributed by atoms with Crippen LogP contribution in [0, 0.1) is 0 Å². The van der Waals surface area contributed by atoms with Gasteiger partial charge >= 0.3 is 0 Å². The van der Waals surface area contributed by atoms with Crippen molar-refractivity contribution in [3.8, 4) is 5.69 Å². The maximum absolute atomic E-state index is 13.3. The molecule has 1 N–H and O–H groups in total. The molecular formula is C22H19N7O4. The van der Waals surface area contributed by atoms with Crippen molar-refractivity contribution in [2.45, 2.75) is 25.4 Å². The SMILES string of the molecule is CN(Cc1cn(-c2cccnc2)nn1)c1cccc2c1C(=O)N(C1CCC(=O)NC1=O)C2=O. The molecule has 2 aromatic heterocycles. The second-order valence-corrected chi connectivity index (χ2v) is 7.87. The van der Waals surface area contributed by atoms with Gasteiger partial charge in [-0.05, 0) is 30.7 Å². The fraction of sp³-hybridized carbons (Fsp3) is 0.227. The number of hydrogen-bond acceptors (Lipinski definition) is 8. The highest BCUT2D eigenvalue weighted by atomic mass is 16.2. The first-order valence-electron chi connectivity index (χ1n) is 10.3. The number of hydrogen-bond donors (Lipinski definition) is 1. The second kappa shape index (κ2) is 7.93. The van der Waals surface area contributed by atoms with Crippen molar-refractivity contribution in [3.63, 3.8) is 0 Å². The van der Waals surface area contributed by atoms with E-state index in [0.717, 1.165) is 10.6 Å². The van der Waals surface area contributed by atoms with Gasteiger partial charge in [-0.1, -0.05) is 11.3 Å². The zero-order valence-corrected chi connectivity index (χ0v) is 17.6. The lowest BCUT2D eigenvalue weighted by Gasteiger charge is -2.28. The van der Waals surface area contributed by atoms with Gasteiger partial charge < -0.3 is 4.90 Å². The first kappa shape index (κ1) is 20.5. The predicted octanol–water partition coefficient (Wildman–Crippen LogP) is 0.700. The van der Waals surface area contributed by atoms with Gasteiger partial charge in [0.1, 0.15) is 11.7 Å². The van der Waals surface area contributed by atoms with Gasteiger partial charge in [0.05, 0.1) is 41.4 Å². The molecule has 4 heterocycles. The van der Waals surface area contributed by atoms with Gasteiger partial charge in [0, 0.05) is 19.7 Å². The van der Waals surface area contributed by atoms with Crippen molar-refractivity contribution in [1.82, 2.24) is 30.2 Å². The molecule has 1 saturated heterocycles. The molecule has 5 rings (SSSR count). The Hall–Kier alpha value is -4.41. The molecule has 33 heavy (non-hydrogen) atoms. The van der Waals surface area contributed by atoms with Gasteiger partial charge in [0.2, 0.25) is 11.8 Å². The first-order valence-corrected chi connectivity index (χ1v) is 10.3. The van der Waals surface area contributed by atoms with E-state index in [4.69, 9.17) is 0 Å². The van der Waals surface area contributed by atoms with E-state index in [-0.39, 0.29) is 24.0 Å². The summed E-state index contributed by atoms with van der Waals surface area (Å²) >= 11 is 0. The van der Waals surface area contributed by atoms with Crippen LogP contribution in [-0.2, 0) is 16.1 Å². The number of piperidine rings is 1. The number of pyridine rings is 1. The summed E-state index contributed by atoms with van der Waals surface area (Å²) in [6, 6.07) is 7.64. The molecule has 0 bridgehead atoms. The van der Waals surface area contributed by atoms with E-state index < -0.39 is 29.7 Å². The molecule has 0 radical (unpaired) electrons. The summed E-state index contributed by atoms with van der Waals surface area (Å²) in [5.74, 6) is -2.14. The molecule has 0 saturated carbocycles. The van der Waals surface area contributed by atoms with Crippen LogP contribution in [0.15, 0.2) is 48.9 Å². The van der Waals surface area contributed by atoms with Crippen molar-refractivity contribution in [3.05, 3.63) is 65.7 Å². The molecule has 2 aliphatic rings. The number of anilines is 1. The molecule has 3 aromatic rings. The third kappa shape index (κ3) is 3.53. The van der Waals surface area contributed by atoms with Crippen LogP contribution in [0.4, 0.5) is 5.69 Å². The van der Waals surface area contributed by atoms with Gasteiger partial charge in [-0.3, -0.25) is 34.4 Å². The predicted molar refractivity (Wildman–Crippen MR) is 114 cm³/mol. The summed E-state index contributed by atoms with van der Waals surface area (Å²) < 4.78 is 1.60. The Labute approximate surface area is 188 Å². The van der Waals surface area contributed by atoms with Gasteiger partial charge in [-0.25, -0.2) is 4.68 Å². The Kier molecular flexibility index (Phi) is 4.93. The second-order valence-electron chi connectivity index (χ2n) is 7.87. The number of fused-ring (bicyclic) bond motifs is 1. The Bertz CT molecular complexity index is 1290. The topological polar surface area (TPSA) is 130 Å². The van der Waals surface area contributed by atoms with E-state index in [1.165, 1.54) is 0 Å². The lowest BCUT2D eigenvalue weighted by Crippen LogP contribution is -2.54. The number of aromatic nitrogens is 4. The summed E-state index contributed by atoms with van der Waals surface area (Å²) in [5, 5.41) is 10.5. The standard InChI is InChI=1S/C22H19N7O4/c1-27(11-13-12-28(26-25-13)14-4-3-9-23-10-14)16-6-2-5-15-19(16)22(33)29(21(15)32)17-7-8-18(30)24-20(17)31/h2-6,9-10,12,17H,7-8,11H2,1H3,(H,24,30,31). The molecule has 1 aromatic carbocycles. The van der Waals surface area contributed by atoms with Crippen LogP contribution in [0.25, 0.3) is 5.69 Å². The maximum atomic E-state index is 13.3. The molecule has 0 aliphatic carbocycles. The van der Waals surface area contributed by atoms with Gasteiger partial charge in [0.15, 0.2) is 0 Å². The van der Waals surface area contributed by atoms with Crippen molar-refractivity contribution < 1.29 is 19.2 Å². The largest absolute Gasteiger partial charge is 0.368 e.